The topological polar surface area (TPSA) is 12.9 Å². The van der Waals surface area contributed by atoms with Gasteiger partial charge in [-0.15, -0.1) is 0 Å². The van der Waals surface area contributed by atoms with E-state index in [1.807, 2.05) is 24.4 Å². The quantitative estimate of drug-likeness (QED) is 0.609. The van der Waals surface area contributed by atoms with Crippen molar-refractivity contribution < 1.29 is 0 Å². The summed E-state index contributed by atoms with van der Waals surface area (Å²) in [5.41, 5.74) is 2.41. The van der Waals surface area contributed by atoms with Crippen LogP contribution in [0.2, 0.25) is 0 Å². The van der Waals surface area contributed by atoms with E-state index in [0.717, 1.165) is 5.69 Å². The Kier molecular flexibility index (Phi) is 3.14. The summed E-state index contributed by atoms with van der Waals surface area (Å²) in [5, 5.41) is 0. The first-order valence-electron chi connectivity index (χ1n) is 4.48. The summed E-state index contributed by atoms with van der Waals surface area (Å²) in [6, 6.07) is 16.4. The number of halogens is 1. The van der Waals surface area contributed by atoms with Gasteiger partial charge < -0.3 is 0 Å². The molecule has 1 heterocycles. The highest BCUT2D eigenvalue weighted by Crippen LogP contribution is 2.28. The second-order valence-electron chi connectivity index (χ2n) is 3.03. The molecule has 0 aliphatic rings. The van der Waals surface area contributed by atoms with Crippen molar-refractivity contribution in [3.63, 3.8) is 0 Å². The summed E-state index contributed by atoms with van der Waals surface area (Å²) in [4.78, 5) is 4.35. The van der Waals surface area contributed by atoms with Gasteiger partial charge in [-0.05, 0) is 17.7 Å². The van der Waals surface area contributed by atoms with Crippen molar-refractivity contribution in [1.29, 1.82) is 0 Å². The third-order valence-corrected chi connectivity index (χ3v) is 3.40. The largest absolute Gasteiger partial charge is 0.260 e. The predicted molar refractivity (Wildman–Crippen MR) is 66.5 cm³/mol. The monoisotopic (exact) mass is 295 g/mol. The SMILES string of the molecule is IC(c1ccccc1)c1ccccn1. The highest BCUT2D eigenvalue weighted by Gasteiger charge is 2.09. The first-order valence-corrected chi connectivity index (χ1v) is 5.72. The number of nitrogens with zero attached hydrogens (tertiary/aromatic N) is 1. The van der Waals surface area contributed by atoms with Crippen LogP contribution in [0, 0.1) is 0 Å². The van der Waals surface area contributed by atoms with Gasteiger partial charge >= 0.3 is 0 Å². The average Bonchev–Trinajstić information content (AvgIpc) is 2.30. The zero-order valence-corrected chi connectivity index (χ0v) is 9.76. The van der Waals surface area contributed by atoms with Gasteiger partial charge in [0.05, 0.1) is 9.62 Å². The molecule has 0 fully saturated rings. The number of benzene rings is 1. The fraction of sp³-hybridized carbons (Fsp3) is 0.0833. The summed E-state index contributed by atoms with van der Waals surface area (Å²) < 4.78 is 0.343. The summed E-state index contributed by atoms with van der Waals surface area (Å²) in [5.74, 6) is 0. The fourth-order valence-electron chi connectivity index (χ4n) is 1.32. The van der Waals surface area contributed by atoms with Gasteiger partial charge in [0, 0.05) is 6.20 Å². The molecule has 0 aliphatic heterocycles. The van der Waals surface area contributed by atoms with Gasteiger partial charge in [0.2, 0.25) is 0 Å². The van der Waals surface area contributed by atoms with Crippen molar-refractivity contribution in [2.24, 2.45) is 0 Å². The Labute approximate surface area is 97.3 Å². The molecule has 2 heteroatoms. The van der Waals surface area contributed by atoms with Crippen molar-refractivity contribution in [2.45, 2.75) is 3.92 Å². The number of rotatable bonds is 2. The maximum absolute atomic E-state index is 4.35. The molecule has 1 atom stereocenters. The van der Waals surface area contributed by atoms with E-state index in [1.165, 1.54) is 5.56 Å². The van der Waals surface area contributed by atoms with Gasteiger partial charge in [-0.25, -0.2) is 0 Å². The minimum Gasteiger partial charge on any atom is -0.260 e. The Morgan fingerprint density at radius 1 is 0.929 bits per heavy atom. The van der Waals surface area contributed by atoms with Crippen LogP contribution in [0.4, 0.5) is 0 Å². The number of hydrogen-bond acceptors (Lipinski definition) is 1. The molecule has 70 valence electrons. The minimum atomic E-state index is 0.343. The van der Waals surface area contributed by atoms with Crippen LogP contribution in [0.5, 0.6) is 0 Å². The molecule has 0 saturated heterocycles. The number of pyridine rings is 1. The molecule has 1 aromatic heterocycles. The molecule has 0 aliphatic carbocycles. The van der Waals surface area contributed by atoms with Gasteiger partial charge in [-0.1, -0.05) is 59.0 Å². The van der Waals surface area contributed by atoms with Crippen molar-refractivity contribution in [3.8, 4) is 0 Å². The van der Waals surface area contributed by atoms with E-state index in [2.05, 4.69) is 57.9 Å². The average molecular weight is 295 g/mol. The van der Waals surface area contributed by atoms with Crippen LogP contribution >= 0.6 is 22.6 Å². The lowest BCUT2D eigenvalue weighted by molar-refractivity contribution is 1.08. The molecule has 2 rings (SSSR count). The Morgan fingerprint density at radius 2 is 1.64 bits per heavy atom. The van der Waals surface area contributed by atoms with Crippen molar-refractivity contribution in [2.75, 3.05) is 0 Å². The van der Waals surface area contributed by atoms with Gasteiger partial charge in [0.1, 0.15) is 0 Å². The van der Waals surface area contributed by atoms with E-state index in [1.54, 1.807) is 0 Å². The van der Waals surface area contributed by atoms with E-state index in [0.29, 0.717) is 3.92 Å². The molecular formula is C12H10IN. The predicted octanol–water partition coefficient (Wildman–Crippen LogP) is 3.61. The molecule has 0 amide bonds. The first-order chi connectivity index (χ1) is 6.88. The molecular weight excluding hydrogens is 285 g/mol. The van der Waals surface area contributed by atoms with Crippen LogP contribution in [-0.2, 0) is 0 Å². The first kappa shape index (κ1) is 9.65. The Balaban J connectivity index is 2.30. The summed E-state index contributed by atoms with van der Waals surface area (Å²) >= 11 is 2.41. The molecule has 0 bridgehead atoms. The molecule has 0 spiro atoms. The van der Waals surface area contributed by atoms with E-state index in [4.69, 9.17) is 0 Å². The van der Waals surface area contributed by atoms with E-state index in [-0.39, 0.29) is 0 Å². The standard InChI is InChI=1S/C12H10IN/c13-12(10-6-2-1-3-7-10)11-8-4-5-9-14-11/h1-9,12H. The van der Waals surface area contributed by atoms with Crippen LogP contribution in [0.3, 0.4) is 0 Å². The highest BCUT2D eigenvalue weighted by atomic mass is 127. The molecule has 2 aromatic rings. The van der Waals surface area contributed by atoms with Gasteiger partial charge in [0.25, 0.3) is 0 Å². The molecule has 0 saturated carbocycles. The molecule has 0 radical (unpaired) electrons. The van der Waals surface area contributed by atoms with Crippen LogP contribution in [-0.4, -0.2) is 4.98 Å². The van der Waals surface area contributed by atoms with Crippen LogP contribution < -0.4 is 0 Å². The van der Waals surface area contributed by atoms with Crippen LogP contribution in [0.15, 0.2) is 54.7 Å². The van der Waals surface area contributed by atoms with E-state index in [9.17, 15) is 0 Å². The van der Waals surface area contributed by atoms with Crippen molar-refractivity contribution >= 4 is 22.6 Å². The maximum atomic E-state index is 4.35. The third kappa shape index (κ3) is 2.12. The van der Waals surface area contributed by atoms with Gasteiger partial charge in [0.15, 0.2) is 0 Å². The van der Waals surface area contributed by atoms with Crippen molar-refractivity contribution in [3.05, 3.63) is 66.0 Å². The molecule has 14 heavy (non-hydrogen) atoms. The second-order valence-corrected chi connectivity index (χ2v) is 4.27. The zero-order chi connectivity index (χ0) is 9.80. The Bertz CT molecular complexity index is 346. The second kappa shape index (κ2) is 4.55. The van der Waals surface area contributed by atoms with Gasteiger partial charge in [-0.2, -0.15) is 0 Å². The Morgan fingerprint density at radius 3 is 2.29 bits per heavy atom. The van der Waals surface area contributed by atoms with Crippen LogP contribution in [0.25, 0.3) is 0 Å². The van der Waals surface area contributed by atoms with Gasteiger partial charge in [-0.3, -0.25) is 4.98 Å². The Hall–Kier alpha value is -0.900. The normalized spacial score (nSPS) is 12.4. The molecule has 1 nitrogen and oxygen atoms in total. The fourth-order valence-corrected chi connectivity index (χ4v) is 2.10. The lowest BCUT2D eigenvalue weighted by Crippen LogP contribution is -1.94. The van der Waals surface area contributed by atoms with Crippen molar-refractivity contribution in [1.82, 2.24) is 4.98 Å². The van der Waals surface area contributed by atoms with Crippen LogP contribution in [0.1, 0.15) is 15.2 Å². The maximum Gasteiger partial charge on any atom is 0.0781 e. The summed E-state index contributed by atoms with van der Waals surface area (Å²) in [6.07, 6.45) is 1.84. The summed E-state index contributed by atoms with van der Waals surface area (Å²) in [7, 11) is 0. The molecule has 1 unspecified atom stereocenters. The smallest absolute Gasteiger partial charge is 0.0781 e. The number of aromatic nitrogens is 1. The number of alkyl halides is 1. The molecule has 0 N–H and O–H groups in total. The third-order valence-electron chi connectivity index (χ3n) is 2.04. The number of hydrogen-bond donors (Lipinski definition) is 0. The molecule has 1 aromatic carbocycles. The van der Waals surface area contributed by atoms with E-state index >= 15 is 0 Å². The lowest BCUT2D eigenvalue weighted by atomic mass is 10.1. The highest BCUT2D eigenvalue weighted by molar-refractivity contribution is 14.1. The lowest BCUT2D eigenvalue weighted by Gasteiger charge is -2.08. The summed E-state index contributed by atoms with van der Waals surface area (Å²) in [6.45, 7) is 0. The van der Waals surface area contributed by atoms with E-state index < -0.39 is 0 Å². The minimum absolute atomic E-state index is 0.343. The zero-order valence-electron chi connectivity index (χ0n) is 7.60.